The molecule has 3 nitrogen and oxygen atoms in total. The first-order valence-corrected chi connectivity index (χ1v) is 6.32. The van der Waals surface area contributed by atoms with Crippen LogP contribution in [-0.2, 0) is 6.42 Å². The van der Waals surface area contributed by atoms with Crippen LogP contribution in [0.5, 0.6) is 0 Å². The lowest BCUT2D eigenvalue weighted by Crippen LogP contribution is -2.29. The zero-order chi connectivity index (χ0) is 13.1. The highest BCUT2D eigenvalue weighted by molar-refractivity contribution is 6.42. The molecule has 2 rings (SSSR count). The van der Waals surface area contributed by atoms with Gasteiger partial charge in [-0.3, -0.25) is 11.3 Å². The second-order valence-electron chi connectivity index (χ2n) is 4.07. The summed E-state index contributed by atoms with van der Waals surface area (Å²) in [6.07, 6.45) is 2.30. The summed E-state index contributed by atoms with van der Waals surface area (Å²) in [7, 11) is 0. The number of rotatable bonds is 4. The zero-order valence-electron chi connectivity index (χ0n) is 9.91. The molecule has 96 valence electrons. The second-order valence-corrected chi connectivity index (χ2v) is 4.85. The molecule has 1 aromatic heterocycles. The normalized spacial score (nSPS) is 12.7. The van der Waals surface area contributed by atoms with Gasteiger partial charge in [-0.05, 0) is 31.0 Å². The van der Waals surface area contributed by atoms with E-state index < -0.39 is 0 Å². The first kappa shape index (κ1) is 13.4. The van der Waals surface area contributed by atoms with E-state index in [0.29, 0.717) is 16.5 Å². The maximum Gasteiger partial charge on any atom is 0.105 e. The molecule has 0 fully saturated rings. The van der Waals surface area contributed by atoms with Gasteiger partial charge in [-0.15, -0.1) is 0 Å². The molecule has 0 spiro atoms. The molecular weight excluding hydrogens is 271 g/mol. The molecule has 2 aromatic rings. The summed E-state index contributed by atoms with van der Waals surface area (Å²) >= 11 is 12.2. The topological polar surface area (TPSA) is 51.2 Å². The first-order chi connectivity index (χ1) is 8.63. The zero-order valence-corrected chi connectivity index (χ0v) is 11.4. The fraction of sp³-hybridized carbons (Fsp3) is 0.231. The largest absolute Gasteiger partial charge is 0.469 e. The van der Waals surface area contributed by atoms with Gasteiger partial charge in [0.15, 0.2) is 0 Å². The lowest BCUT2D eigenvalue weighted by Gasteiger charge is -2.16. The van der Waals surface area contributed by atoms with E-state index >= 15 is 0 Å². The van der Waals surface area contributed by atoms with Crippen molar-refractivity contribution < 1.29 is 4.42 Å². The highest BCUT2D eigenvalue weighted by Gasteiger charge is 2.17. The Labute approximate surface area is 116 Å². The van der Waals surface area contributed by atoms with Crippen LogP contribution in [0, 0.1) is 6.92 Å². The van der Waals surface area contributed by atoms with Gasteiger partial charge in [0.05, 0.1) is 22.4 Å². The van der Waals surface area contributed by atoms with Crippen LogP contribution >= 0.6 is 23.2 Å². The van der Waals surface area contributed by atoms with Crippen molar-refractivity contribution in [1.29, 1.82) is 0 Å². The lowest BCUT2D eigenvalue weighted by molar-refractivity contribution is 0.502. The van der Waals surface area contributed by atoms with E-state index in [-0.39, 0.29) is 6.04 Å². The Balaban J connectivity index is 2.26. The Hall–Kier alpha value is -1.00. The van der Waals surface area contributed by atoms with Crippen molar-refractivity contribution >= 4 is 23.2 Å². The van der Waals surface area contributed by atoms with Gasteiger partial charge in [0.1, 0.15) is 5.76 Å². The van der Waals surface area contributed by atoms with Crippen LogP contribution in [0.1, 0.15) is 22.9 Å². The summed E-state index contributed by atoms with van der Waals surface area (Å²) in [6, 6.07) is 7.42. The van der Waals surface area contributed by atoms with Gasteiger partial charge in [0.25, 0.3) is 0 Å². The van der Waals surface area contributed by atoms with Gasteiger partial charge in [-0.1, -0.05) is 35.3 Å². The number of benzene rings is 1. The Kier molecular flexibility index (Phi) is 4.30. The quantitative estimate of drug-likeness (QED) is 0.666. The maximum atomic E-state index is 6.17. The predicted molar refractivity (Wildman–Crippen MR) is 73.7 cm³/mol. The Morgan fingerprint density at radius 2 is 2.11 bits per heavy atom. The SMILES string of the molecule is Cc1occc1C(Cc1cccc(Cl)c1Cl)NN. The number of nitrogens with one attached hydrogen (secondary N) is 1. The minimum absolute atomic E-state index is 0.0558. The third-order valence-electron chi connectivity index (χ3n) is 2.93. The smallest absolute Gasteiger partial charge is 0.105 e. The molecule has 0 aliphatic rings. The minimum Gasteiger partial charge on any atom is -0.469 e. The van der Waals surface area contributed by atoms with Crippen molar-refractivity contribution in [3.05, 3.63) is 57.5 Å². The van der Waals surface area contributed by atoms with E-state index in [4.69, 9.17) is 33.5 Å². The molecule has 0 aliphatic heterocycles. The molecule has 0 radical (unpaired) electrons. The van der Waals surface area contributed by atoms with Gasteiger partial charge in [-0.25, -0.2) is 0 Å². The van der Waals surface area contributed by atoms with Crippen LogP contribution in [0.15, 0.2) is 34.9 Å². The fourth-order valence-corrected chi connectivity index (χ4v) is 2.34. The fourth-order valence-electron chi connectivity index (χ4n) is 1.94. The van der Waals surface area contributed by atoms with E-state index in [2.05, 4.69) is 5.43 Å². The molecule has 1 atom stereocenters. The van der Waals surface area contributed by atoms with Gasteiger partial charge in [0.2, 0.25) is 0 Å². The number of halogens is 2. The first-order valence-electron chi connectivity index (χ1n) is 5.56. The molecular formula is C13H14Cl2N2O. The van der Waals surface area contributed by atoms with Gasteiger partial charge in [-0.2, -0.15) is 0 Å². The van der Waals surface area contributed by atoms with Crippen LogP contribution < -0.4 is 11.3 Å². The minimum atomic E-state index is -0.0558. The van der Waals surface area contributed by atoms with E-state index in [0.717, 1.165) is 16.9 Å². The number of nitrogens with two attached hydrogens (primary N) is 1. The van der Waals surface area contributed by atoms with Crippen molar-refractivity contribution in [3.8, 4) is 0 Å². The van der Waals surface area contributed by atoms with Crippen molar-refractivity contribution in [2.24, 2.45) is 5.84 Å². The maximum absolute atomic E-state index is 6.17. The van der Waals surface area contributed by atoms with E-state index in [1.54, 1.807) is 12.3 Å². The summed E-state index contributed by atoms with van der Waals surface area (Å²) in [5.41, 5.74) is 4.75. The number of hydrogen-bond donors (Lipinski definition) is 2. The van der Waals surface area contributed by atoms with Crippen LogP contribution in [-0.4, -0.2) is 0 Å². The van der Waals surface area contributed by atoms with E-state index in [1.165, 1.54) is 0 Å². The predicted octanol–water partition coefficient (Wildman–Crippen LogP) is 3.64. The van der Waals surface area contributed by atoms with E-state index in [9.17, 15) is 0 Å². The van der Waals surface area contributed by atoms with Crippen molar-refractivity contribution in [3.63, 3.8) is 0 Å². The molecule has 1 aromatic carbocycles. The summed E-state index contributed by atoms with van der Waals surface area (Å²) in [5, 5.41) is 1.12. The Morgan fingerprint density at radius 3 is 2.72 bits per heavy atom. The molecule has 1 unspecified atom stereocenters. The summed E-state index contributed by atoms with van der Waals surface area (Å²) in [5.74, 6) is 6.44. The van der Waals surface area contributed by atoms with E-state index in [1.807, 2.05) is 25.1 Å². The summed E-state index contributed by atoms with van der Waals surface area (Å²) in [4.78, 5) is 0. The number of hydrazine groups is 1. The Bertz CT molecular complexity index is 540. The number of hydrogen-bond acceptors (Lipinski definition) is 3. The molecule has 3 N–H and O–H groups in total. The average Bonchev–Trinajstić information content (AvgIpc) is 2.77. The molecule has 0 saturated carbocycles. The van der Waals surface area contributed by atoms with Gasteiger partial charge in [0, 0.05) is 5.56 Å². The molecule has 0 aliphatic carbocycles. The number of furan rings is 1. The molecule has 18 heavy (non-hydrogen) atoms. The average molecular weight is 285 g/mol. The summed E-state index contributed by atoms with van der Waals surface area (Å²) in [6.45, 7) is 1.90. The molecule has 0 saturated heterocycles. The van der Waals surface area contributed by atoms with Crippen molar-refractivity contribution in [2.75, 3.05) is 0 Å². The Morgan fingerprint density at radius 1 is 1.33 bits per heavy atom. The molecule has 0 bridgehead atoms. The van der Waals surface area contributed by atoms with Crippen molar-refractivity contribution in [2.45, 2.75) is 19.4 Å². The molecule has 1 heterocycles. The van der Waals surface area contributed by atoms with Gasteiger partial charge >= 0.3 is 0 Å². The van der Waals surface area contributed by atoms with Crippen LogP contribution in [0.25, 0.3) is 0 Å². The monoisotopic (exact) mass is 284 g/mol. The highest BCUT2D eigenvalue weighted by Crippen LogP contribution is 2.30. The summed E-state index contributed by atoms with van der Waals surface area (Å²) < 4.78 is 5.28. The molecule has 5 heteroatoms. The highest BCUT2D eigenvalue weighted by atomic mass is 35.5. The van der Waals surface area contributed by atoms with Crippen LogP contribution in [0.4, 0.5) is 0 Å². The number of aryl methyl sites for hydroxylation is 1. The third-order valence-corrected chi connectivity index (χ3v) is 3.79. The standard InChI is InChI=1S/C13H14Cl2N2O/c1-8-10(5-6-18-8)12(17-16)7-9-3-2-4-11(14)13(9)15/h2-6,12,17H,7,16H2,1H3. The van der Waals surface area contributed by atoms with Crippen molar-refractivity contribution in [1.82, 2.24) is 5.43 Å². The second kappa shape index (κ2) is 5.76. The van der Waals surface area contributed by atoms with Crippen LogP contribution in [0.3, 0.4) is 0 Å². The lowest BCUT2D eigenvalue weighted by atomic mass is 10.00. The van der Waals surface area contributed by atoms with Crippen LogP contribution in [0.2, 0.25) is 10.0 Å². The third kappa shape index (κ3) is 2.70. The van der Waals surface area contributed by atoms with Gasteiger partial charge < -0.3 is 4.42 Å². The molecule has 0 amide bonds.